The summed E-state index contributed by atoms with van der Waals surface area (Å²) < 4.78 is 16.2. The zero-order valence-electron chi connectivity index (χ0n) is 9.61. The molecule has 0 radical (unpaired) electrons. The second-order valence-electron chi connectivity index (χ2n) is 4.00. The first-order chi connectivity index (χ1) is 8.00. The van der Waals surface area contributed by atoms with Crippen LogP contribution in [0.4, 0.5) is 10.2 Å². The number of hydrogen-bond donors (Lipinski definition) is 1. The normalized spacial score (nSPS) is 12.7. The highest BCUT2D eigenvalue weighted by molar-refractivity contribution is 9.10. The van der Waals surface area contributed by atoms with Gasteiger partial charge in [-0.1, -0.05) is 22.0 Å². The van der Waals surface area contributed by atoms with E-state index in [0.29, 0.717) is 11.4 Å². The molecule has 1 aromatic heterocycles. The molecule has 90 valence electrons. The van der Waals surface area contributed by atoms with Gasteiger partial charge < -0.3 is 5.73 Å². The minimum absolute atomic E-state index is 0.225. The van der Waals surface area contributed by atoms with Crippen molar-refractivity contribution in [3.05, 3.63) is 45.8 Å². The van der Waals surface area contributed by atoms with Crippen molar-refractivity contribution in [1.29, 1.82) is 0 Å². The highest BCUT2D eigenvalue weighted by atomic mass is 79.9. The number of halogens is 2. The zero-order chi connectivity index (χ0) is 12.6. The quantitative estimate of drug-likeness (QED) is 0.924. The second-order valence-corrected chi connectivity index (χ2v) is 4.91. The number of aryl methyl sites for hydroxylation is 1. The van der Waals surface area contributed by atoms with Crippen LogP contribution in [-0.2, 0) is 0 Å². The molecule has 1 unspecified atom stereocenters. The lowest BCUT2D eigenvalue weighted by molar-refractivity contribution is 0.526. The molecule has 0 aliphatic carbocycles. The molecule has 0 spiro atoms. The molecule has 0 aliphatic rings. The number of nitrogens with two attached hydrogens (primary N) is 1. The van der Waals surface area contributed by atoms with Crippen molar-refractivity contribution in [1.82, 2.24) is 9.78 Å². The van der Waals surface area contributed by atoms with Gasteiger partial charge in [-0.15, -0.1) is 0 Å². The number of hydrogen-bond acceptors (Lipinski definition) is 2. The Morgan fingerprint density at radius 2 is 2.18 bits per heavy atom. The Balaban J connectivity index is 2.43. The lowest BCUT2D eigenvalue weighted by atomic mass is 10.1. The highest BCUT2D eigenvalue weighted by Gasteiger charge is 2.16. The maximum Gasteiger partial charge on any atom is 0.129 e. The first-order valence-corrected chi connectivity index (χ1v) is 6.04. The van der Waals surface area contributed by atoms with E-state index < -0.39 is 0 Å². The summed E-state index contributed by atoms with van der Waals surface area (Å²) in [7, 11) is 0. The van der Waals surface area contributed by atoms with Crippen molar-refractivity contribution >= 4 is 21.7 Å². The van der Waals surface area contributed by atoms with Crippen molar-refractivity contribution in [3.8, 4) is 0 Å². The van der Waals surface area contributed by atoms with Crippen LogP contribution in [0.1, 0.15) is 24.1 Å². The zero-order valence-corrected chi connectivity index (χ0v) is 11.2. The maximum absolute atomic E-state index is 13.8. The number of anilines is 1. The molecule has 3 nitrogen and oxygen atoms in total. The van der Waals surface area contributed by atoms with E-state index >= 15 is 0 Å². The van der Waals surface area contributed by atoms with Crippen molar-refractivity contribution in [2.24, 2.45) is 0 Å². The fourth-order valence-corrected chi connectivity index (χ4v) is 2.07. The van der Waals surface area contributed by atoms with Crippen LogP contribution >= 0.6 is 15.9 Å². The summed E-state index contributed by atoms with van der Waals surface area (Å²) >= 11 is 3.23. The van der Waals surface area contributed by atoms with Crippen LogP contribution in [0.15, 0.2) is 28.9 Å². The summed E-state index contributed by atoms with van der Waals surface area (Å²) in [5.41, 5.74) is 7.36. The fraction of sp³-hybridized carbons (Fsp3) is 0.250. The van der Waals surface area contributed by atoms with E-state index in [0.717, 1.165) is 10.0 Å². The van der Waals surface area contributed by atoms with Gasteiger partial charge in [0.1, 0.15) is 11.6 Å². The molecule has 17 heavy (non-hydrogen) atoms. The number of nitrogen functional groups attached to an aromatic ring is 1. The molecule has 0 aliphatic heterocycles. The monoisotopic (exact) mass is 297 g/mol. The summed E-state index contributed by atoms with van der Waals surface area (Å²) in [6, 6.07) is 4.76. The van der Waals surface area contributed by atoms with E-state index in [9.17, 15) is 4.39 Å². The minimum Gasteiger partial charge on any atom is -0.384 e. The molecule has 1 atom stereocenters. The maximum atomic E-state index is 13.8. The average Bonchev–Trinajstić information content (AvgIpc) is 2.59. The molecule has 2 rings (SSSR count). The summed E-state index contributed by atoms with van der Waals surface area (Å²) in [6.45, 7) is 3.75. The molecule has 0 bridgehead atoms. The molecule has 2 aromatic rings. The molecule has 0 saturated carbocycles. The Kier molecular flexibility index (Phi) is 3.19. The number of nitrogens with zero attached hydrogens (tertiary/aromatic N) is 2. The summed E-state index contributed by atoms with van der Waals surface area (Å²) in [4.78, 5) is 0. The van der Waals surface area contributed by atoms with Crippen LogP contribution in [0.25, 0.3) is 0 Å². The molecule has 2 N–H and O–H groups in total. The highest BCUT2D eigenvalue weighted by Crippen LogP contribution is 2.26. The fourth-order valence-electron chi connectivity index (χ4n) is 1.74. The first-order valence-electron chi connectivity index (χ1n) is 5.25. The first kappa shape index (κ1) is 12.1. The van der Waals surface area contributed by atoms with Gasteiger partial charge in [0.25, 0.3) is 0 Å². The molecule has 1 heterocycles. The van der Waals surface area contributed by atoms with Crippen molar-refractivity contribution in [2.75, 3.05) is 5.73 Å². The van der Waals surface area contributed by atoms with E-state index in [4.69, 9.17) is 5.73 Å². The van der Waals surface area contributed by atoms with Crippen LogP contribution < -0.4 is 5.73 Å². The Labute approximate surface area is 108 Å². The standard InChI is InChI=1S/C12H13BrFN3/c1-7-6-16-17(12(7)15)8(2)10-4-3-9(13)5-11(10)14/h3-6,8H,15H2,1-2H3. The molecular formula is C12H13BrFN3. The van der Waals surface area contributed by atoms with Gasteiger partial charge in [-0.2, -0.15) is 5.10 Å². The molecule has 0 saturated heterocycles. The van der Waals surface area contributed by atoms with Gasteiger partial charge in [0, 0.05) is 15.6 Å². The summed E-state index contributed by atoms with van der Waals surface area (Å²) in [5, 5.41) is 4.17. The predicted molar refractivity (Wildman–Crippen MR) is 69.3 cm³/mol. The number of benzene rings is 1. The molecule has 1 aromatic carbocycles. The Morgan fingerprint density at radius 1 is 1.47 bits per heavy atom. The molecular weight excluding hydrogens is 285 g/mol. The van der Waals surface area contributed by atoms with E-state index in [1.807, 2.05) is 19.9 Å². The van der Waals surface area contributed by atoms with E-state index in [-0.39, 0.29) is 11.9 Å². The van der Waals surface area contributed by atoms with Crippen LogP contribution in [0.3, 0.4) is 0 Å². The lowest BCUT2D eigenvalue weighted by Crippen LogP contribution is -2.13. The topological polar surface area (TPSA) is 43.8 Å². The number of aromatic nitrogens is 2. The van der Waals surface area contributed by atoms with Gasteiger partial charge in [0.05, 0.1) is 12.2 Å². The van der Waals surface area contributed by atoms with Crippen molar-refractivity contribution in [2.45, 2.75) is 19.9 Å². The van der Waals surface area contributed by atoms with Gasteiger partial charge in [-0.25, -0.2) is 9.07 Å². The third-order valence-electron chi connectivity index (χ3n) is 2.81. The van der Waals surface area contributed by atoms with E-state index in [1.165, 1.54) is 6.07 Å². The van der Waals surface area contributed by atoms with Crippen molar-refractivity contribution in [3.63, 3.8) is 0 Å². The molecule has 0 amide bonds. The molecule has 0 fully saturated rings. The van der Waals surface area contributed by atoms with E-state index in [2.05, 4.69) is 21.0 Å². The van der Waals surface area contributed by atoms with Crippen LogP contribution in [0, 0.1) is 12.7 Å². The van der Waals surface area contributed by atoms with Crippen LogP contribution in [-0.4, -0.2) is 9.78 Å². The Hall–Kier alpha value is -1.36. The Bertz CT molecular complexity index is 551. The number of rotatable bonds is 2. The third-order valence-corrected chi connectivity index (χ3v) is 3.30. The largest absolute Gasteiger partial charge is 0.384 e. The van der Waals surface area contributed by atoms with Crippen LogP contribution in [0.2, 0.25) is 0 Å². The van der Waals surface area contributed by atoms with Gasteiger partial charge in [-0.3, -0.25) is 0 Å². The smallest absolute Gasteiger partial charge is 0.129 e. The van der Waals surface area contributed by atoms with Gasteiger partial charge in [-0.05, 0) is 26.0 Å². The SMILES string of the molecule is Cc1cnn(C(C)c2ccc(Br)cc2F)c1N. The molecule has 5 heteroatoms. The van der Waals surface area contributed by atoms with Crippen molar-refractivity contribution < 1.29 is 4.39 Å². The van der Waals surface area contributed by atoms with Crippen LogP contribution in [0.5, 0.6) is 0 Å². The average molecular weight is 298 g/mol. The third kappa shape index (κ3) is 2.20. The Morgan fingerprint density at radius 3 is 2.71 bits per heavy atom. The summed E-state index contributed by atoms with van der Waals surface area (Å²) in [6.07, 6.45) is 1.68. The van der Waals surface area contributed by atoms with Gasteiger partial charge in [0.15, 0.2) is 0 Å². The lowest BCUT2D eigenvalue weighted by Gasteiger charge is -2.15. The van der Waals surface area contributed by atoms with Gasteiger partial charge >= 0.3 is 0 Å². The predicted octanol–water partition coefficient (Wildman–Crippen LogP) is 3.28. The van der Waals surface area contributed by atoms with E-state index in [1.54, 1.807) is 16.9 Å². The van der Waals surface area contributed by atoms with Gasteiger partial charge in [0.2, 0.25) is 0 Å². The minimum atomic E-state index is -0.264. The summed E-state index contributed by atoms with van der Waals surface area (Å²) in [5.74, 6) is 0.305. The second kappa shape index (κ2) is 4.49.